The Labute approximate surface area is 298 Å². The van der Waals surface area contributed by atoms with Crippen LogP contribution in [0, 0.1) is 0 Å². The van der Waals surface area contributed by atoms with Gasteiger partial charge in [0.25, 0.3) is 0 Å². The number of nitrogens with zero attached hydrogens (tertiary/aromatic N) is 1. The summed E-state index contributed by atoms with van der Waals surface area (Å²) in [6.45, 7) is 0. The molecule has 0 aliphatic carbocycles. The zero-order valence-electron chi connectivity index (χ0n) is 28.0. The SMILES string of the molecule is c1ccc(C2NC(c3c(-c4cccc5oc6nc7ccccc7cc6c45)ccc4ccccc34)NC(c3cccc4oc5ccccc5c34)N2)cc1. The van der Waals surface area contributed by atoms with E-state index in [4.69, 9.17) is 13.8 Å². The van der Waals surface area contributed by atoms with Crippen LogP contribution < -0.4 is 16.0 Å². The average Bonchev–Trinajstić information content (AvgIpc) is 3.77. The van der Waals surface area contributed by atoms with Gasteiger partial charge in [-0.05, 0) is 68.9 Å². The Balaban J connectivity index is 1.15. The molecule has 11 rings (SSSR count). The van der Waals surface area contributed by atoms with E-state index in [0.29, 0.717) is 5.71 Å². The van der Waals surface area contributed by atoms with Crippen molar-refractivity contribution in [1.82, 2.24) is 20.9 Å². The number of benzene rings is 7. The molecule has 3 N–H and O–H groups in total. The van der Waals surface area contributed by atoms with Gasteiger partial charge in [0.1, 0.15) is 16.7 Å². The minimum absolute atomic E-state index is 0.154. The third-order valence-electron chi connectivity index (χ3n) is 10.6. The summed E-state index contributed by atoms with van der Waals surface area (Å²) in [4.78, 5) is 4.93. The summed E-state index contributed by atoms with van der Waals surface area (Å²) >= 11 is 0. The number of fused-ring (bicyclic) bond motifs is 8. The molecule has 0 saturated carbocycles. The van der Waals surface area contributed by atoms with E-state index in [-0.39, 0.29) is 18.5 Å². The minimum Gasteiger partial charge on any atom is -0.456 e. The monoisotopic (exact) mass is 672 g/mol. The molecule has 1 aliphatic rings. The molecular weight excluding hydrogens is 641 g/mol. The average molecular weight is 673 g/mol. The number of furan rings is 2. The summed E-state index contributed by atoms with van der Waals surface area (Å²) in [7, 11) is 0. The topological polar surface area (TPSA) is 75.3 Å². The lowest BCUT2D eigenvalue weighted by atomic mass is 9.89. The molecule has 0 bridgehead atoms. The molecule has 6 nitrogen and oxygen atoms in total. The molecule has 52 heavy (non-hydrogen) atoms. The molecule has 7 aromatic carbocycles. The molecule has 1 aliphatic heterocycles. The fraction of sp³-hybridized carbons (Fsp3) is 0.0652. The summed E-state index contributed by atoms with van der Waals surface area (Å²) in [6, 6.07) is 55.2. The van der Waals surface area contributed by atoms with Crippen molar-refractivity contribution in [3.8, 4) is 11.1 Å². The molecule has 248 valence electrons. The first-order chi connectivity index (χ1) is 25.8. The van der Waals surface area contributed by atoms with Gasteiger partial charge in [-0.2, -0.15) is 0 Å². The van der Waals surface area contributed by atoms with E-state index in [2.05, 4.69) is 143 Å². The molecule has 10 aromatic rings. The molecule has 1 fully saturated rings. The zero-order valence-corrected chi connectivity index (χ0v) is 28.0. The van der Waals surface area contributed by atoms with Crippen LogP contribution in [0.25, 0.3) is 76.8 Å². The lowest BCUT2D eigenvalue weighted by Gasteiger charge is -2.40. The summed E-state index contributed by atoms with van der Waals surface area (Å²) < 4.78 is 12.8. The lowest BCUT2D eigenvalue weighted by Crippen LogP contribution is -2.54. The van der Waals surface area contributed by atoms with Crippen LogP contribution in [0.3, 0.4) is 0 Å². The molecule has 4 heterocycles. The second-order valence-electron chi connectivity index (χ2n) is 13.6. The first kappa shape index (κ1) is 29.4. The summed E-state index contributed by atoms with van der Waals surface area (Å²) in [5, 5.41) is 19.7. The Morgan fingerprint density at radius 2 is 1.13 bits per heavy atom. The molecule has 3 atom stereocenters. The van der Waals surface area contributed by atoms with Crippen molar-refractivity contribution in [3.63, 3.8) is 0 Å². The van der Waals surface area contributed by atoms with E-state index in [0.717, 1.165) is 71.5 Å². The van der Waals surface area contributed by atoms with Gasteiger partial charge in [0, 0.05) is 26.9 Å². The van der Waals surface area contributed by atoms with Gasteiger partial charge in [0.15, 0.2) is 0 Å². The van der Waals surface area contributed by atoms with Crippen LogP contribution in [-0.4, -0.2) is 4.98 Å². The highest BCUT2D eigenvalue weighted by Crippen LogP contribution is 2.43. The van der Waals surface area contributed by atoms with Crippen molar-refractivity contribution in [3.05, 3.63) is 174 Å². The first-order valence-corrected chi connectivity index (χ1v) is 17.7. The normalized spacial score (nSPS) is 18.0. The van der Waals surface area contributed by atoms with Crippen LogP contribution in [0.2, 0.25) is 0 Å². The van der Waals surface area contributed by atoms with Gasteiger partial charge >= 0.3 is 0 Å². The van der Waals surface area contributed by atoms with Crippen molar-refractivity contribution < 1.29 is 8.83 Å². The van der Waals surface area contributed by atoms with Crippen LogP contribution in [0.5, 0.6) is 0 Å². The number of hydrogen-bond acceptors (Lipinski definition) is 6. The van der Waals surface area contributed by atoms with Crippen LogP contribution in [0.4, 0.5) is 0 Å². The predicted molar refractivity (Wildman–Crippen MR) is 210 cm³/mol. The fourth-order valence-electron chi connectivity index (χ4n) is 8.29. The van der Waals surface area contributed by atoms with E-state index in [1.165, 1.54) is 16.3 Å². The summed E-state index contributed by atoms with van der Waals surface area (Å²) in [5.74, 6) is 0. The number of para-hydroxylation sites is 2. The van der Waals surface area contributed by atoms with Crippen LogP contribution in [0.1, 0.15) is 35.2 Å². The van der Waals surface area contributed by atoms with Gasteiger partial charge in [-0.3, -0.25) is 16.0 Å². The third kappa shape index (κ3) is 4.59. The molecule has 6 heteroatoms. The van der Waals surface area contributed by atoms with Crippen molar-refractivity contribution in [1.29, 1.82) is 0 Å². The second-order valence-corrected chi connectivity index (χ2v) is 13.6. The van der Waals surface area contributed by atoms with E-state index >= 15 is 0 Å². The standard InChI is InChI=1S/C46H32N4O2/c1-2-13-28(14-3-1)43-48-44(34-19-11-22-38-41(34)33-17-7-9-21-37(33)51-38)50-45(49-43)42-30-16-6-4-12-27(30)24-25-32(42)31-18-10-23-39-40(31)35-26-29-15-5-8-20-36(29)47-46(35)52-39/h1-26,43-45,48-50H. The zero-order chi connectivity index (χ0) is 34.2. The Bertz CT molecular complexity index is 2980. The summed E-state index contributed by atoms with van der Waals surface area (Å²) in [5.41, 5.74) is 9.84. The highest BCUT2D eigenvalue weighted by molar-refractivity contribution is 6.15. The maximum atomic E-state index is 6.45. The summed E-state index contributed by atoms with van der Waals surface area (Å²) in [6.07, 6.45) is -0.619. The predicted octanol–water partition coefficient (Wildman–Crippen LogP) is 11.0. The van der Waals surface area contributed by atoms with Crippen molar-refractivity contribution in [2.75, 3.05) is 0 Å². The van der Waals surface area contributed by atoms with E-state index in [1.54, 1.807) is 0 Å². The van der Waals surface area contributed by atoms with Gasteiger partial charge < -0.3 is 8.83 Å². The Morgan fingerprint density at radius 3 is 2.04 bits per heavy atom. The largest absolute Gasteiger partial charge is 0.456 e. The maximum absolute atomic E-state index is 6.45. The number of hydrogen-bond donors (Lipinski definition) is 3. The number of rotatable bonds is 4. The van der Waals surface area contributed by atoms with Gasteiger partial charge in [-0.25, -0.2) is 4.98 Å². The first-order valence-electron chi connectivity index (χ1n) is 17.7. The van der Waals surface area contributed by atoms with Crippen LogP contribution in [-0.2, 0) is 0 Å². The molecule has 0 amide bonds. The molecule has 3 aromatic heterocycles. The molecule has 1 saturated heterocycles. The number of pyridine rings is 1. The van der Waals surface area contributed by atoms with E-state index < -0.39 is 0 Å². The van der Waals surface area contributed by atoms with Crippen LogP contribution in [0.15, 0.2) is 167 Å². The van der Waals surface area contributed by atoms with Crippen LogP contribution >= 0.6 is 0 Å². The Kier molecular flexibility index (Phi) is 6.57. The molecule has 3 unspecified atom stereocenters. The van der Waals surface area contributed by atoms with Crippen molar-refractivity contribution in [2.45, 2.75) is 18.5 Å². The van der Waals surface area contributed by atoms with E-state index in [1.807, 2.05) is 30.3 Å². The number of aromatic nitrogens is 1. The third-order valence-corrected chi connectivity index (χ3v) is 10.6. The Morgan fingerprint density at radius 1 is 0.442 bits per heavy atom. The minimum atomic E-state index is -0.252. The van der Waals surface area contributed by atoms with Crippen molar-refractivity contribution >= 4 is 65.7 Å². The fourth-order valence-corrected chi connectivity index (χ4v) is 8.29. The highest BCUT2D eigenvalue weighted by atomic mass is 16.3. The molecule has 0 radical (unpaired) electrons. The van der Waals surface area contributed by atoms with E-state index in [9.17, 15) is 0 Å². The number of nitrogens with one attached hydrogen (secondary N) is 3. The van der Waals surface area contributed by atoms with Gasteiger partial charge in [-0.1, -0.05) is 127 Å². The molecular formula is C46H32N4O2. The lowest BCUT2D eigenvalue weighted by molar-refractivity contribution is 0.205. The second kappa shape index (κ2) is 11.6. The highest BCUT2D eigenvalue weighted by Gasteiger charge is 2.33. The van der Waals surface area contributed by atoms with Gasteiger partial charge in [0.2, 0.25) is 5.71 Å². The van der Waals surface area contributed by atoms with Crippen molar-refractivity contribution in [2.24, 2.45) is 0 Å². The molecule has 0 spiro atoms. The van der Waals surface area contributed by atoms with Gasteiger partial charge in [-0.15, -0.1) is 0 Å². The maximum Gasteiger partial charge on any atom is 0.227 e. The smallest absolute Gasteiger partial charge is 0.227 e. The quantitative estimate of drug-likeness (QED) is 0.173. The van der Waals surface area contributed by atoms with Gasteiger partial charge in [0.05, 0.1) is 24.0 Å². The Hall–Kier alpha value is -6.31.